The van der Waals surface area contributed by atoms with Gasteiger partial charge in [0.25, 0.3) is 0 Å². The number of amides is 1. The second-order valence-electron chi connectivity index (χ2n) is 9.86. The number of nitrogens with one attached hydrogen (secondary N) is 1. The van der Waals surface area contributed by atoms with E-state index in [1.807, 2.05) is 12.1 Å². The molecule has 2 aliphatic rings. The van der Waals surface area contributed by atoms with Crippen molar-refractivity contribution in [3.8, 4) is 0 Å². The van der Waals surface area contributed by atoms with E-state index in [2.05, 4.69) is 94.0 Å². The van der Waals surface area contributed by atoms with Crippen LogP contribution in [0.25, 0.3) is 0 Å². The second kappa shape index (κ2) is 12.3. The molecule has 188 valence electrons. The molecule has 0 aromatic heterocycles. The van der Waals surface area contributed by atoms with E-state index in [1.165, 1.54) is 16.7 Å². The molecule has 2 heterocycles. The Labute approximate surface area is 215 Å². The third-order valence-electron chi connectivity index (χ3n) is 7.64. The number of hydrogen-bond donors (Lipinski definition) is 1. The van der Waals surface area contributed by atoms with Crippen molar-refractivity contribution in [1.82, 2.24) is 15.1 Å². The molecule has 2 aliphatic heterocycles. The third-order valence-corrected chi connectivity index (χ3v) is 7.64. The van der Waals surface area contributed by atoms with Crippen molar-refractivity contribution in [3.05, 3.63) is 108 Å². The molecule has 5 rings (SSSR count). The minimum Gasteiger partial charge on any atom is -0.379 e. The number of morpholine rings is 1. The standard InChI is InChI=1S/C31H37N3O2/c35-29(24-32-30(25-10-4-1-5-11-25)26-12-6-2-7-13-26)33-18-16-28(17-19-33)31(27-14-8-3-9-15-27)34-20-22-36-23-21-34/h1-15,28,30-32H,16-24H2. The Kier molecular flexibility index (Phi) is 8.44. The van der Waals surface area contributed by atoms with Gasteiger partial charge in [0.2, 0.25) is 5.91 Å². The lowest BCUT2D eigenvalue weighted by Crippen LogP contribution is -2.47. The first-order chi connectivity index (χ1) is 17.8. The molecule has 1 unspecified atom stereocenters. The summed E-state index contributed by atoms with van der Waals surface area (Å²) in [6.45, 7) is 5.53. The van der Waals surface area contributed by atoms with Gasteiger partial charge in [0, 0.05) is 32.2 Å². The highest BCUT2D eigenvalue weighted by molar-refractivity contribution is 5.78. The zero-order valence-corrected chi connectivity index (χ0v) is 21.0. The first kappa shape index (κ1) is 24.7. The number of carbonyl (C=O) groups excluding carboxylic acids is 1. The molecule has 3 aromatic rings. The number of carbonyl (C=O) groups is 1. The maximum Gasteiger partial charge on any atom is 0.236 e. The second-order valence-corrected chi connectivity index (χ2v) is 9.86. The summed E-state index contributed by atoms with van der Waals surface area (Å²) in [5.74, 6) is 0.733. The average molecular weight is 484 g/mol. The van der Waals surface area contributed by atoms with Gasteiger partial charge in [-0.15, -0.1) is 0 Å². The van der Waals surface area contributed by atoms with Crippen molar-refractivity contribution >= 4 is 5.91 Å². The van der Waals surface area contributed by atoms with Crippen LogP contribution in [0, 0.1) is 5.92 Å². The lowest BCUT2D eigenvalue weighted by Gasteiger charge is -2.43. The molecular formula is C31H37N3O2. The molecule has 1 atom stereocenters. The van der Waals surface area contributed by atoms with Crippen LogP contribution in [0.5, 0.6) is 0 Å². The normalized spacial score (nSPS) is 18.3. The quantitative estimate of drug-likeness (QED) is 0.505. The largest absolute Gasteiger partial charge is 0.379 e. The Morgan fingerprint density at radius 2 is 1.25 bits per heavy atom. The molecule has 5 nitrogen and oxygen atoms in total. The van der Waals surface area contributed by atoms with Crippen molar-refractivity contribution < 1.29 is 9.53 Å². The van der Waals surface area contributed by atoms with E-state index in [4.69, 9.17) is 4.74 Å². The van der Waals surface area contributed by atoms with Gasteiger partial charge >= 0.3 is 0 Å². The number of benzene rings is 3. The zero-order valence-electron chi connectivity index (χ0n) is 21.0. The topological polar surface area (TPSA) is 44.8 Å². The van der Waals surface area contributed by atoms with E-state index in [0.29, 0.717) is 18.5 Å². The van der Waals surface area contributed by atoms with Crippen LogP contribution in [0.2, 0.25) is 0 Å². The van der Waals surface area contributed by atoms with Crippen LogP contribution in [-0.4, -0.2) is 61.6 Å². The van der Waals surface area contributed by atoms with Crippen LogP contribution in [0.1, 0.15) is 41.6 Å². The summed E-state index contributed by atoms with van der Waals surface area (Å²) in [6, 6.07) is 32.0. The molecule has 0 saturated carbocycles. The Bertz CT molecular complexity index is 1020. The number of piperidine rings is 1. The maximum atomic E-state index is 13.2. The Hall–Kier alpha value is -2.99. The monoisotopic (exact) mass is 483 g/mol. The van der Waals surface area contributed by atoms with Crippen LogP contribution in [0.15, 0.2) is 91.0 Å². The Balaban J connectivity index is 1.21. The Morgan fingerprint density at radius 1 is 0.750 bits per heavy atom. The third kappa shape index (κ3) is 6.04. The minimum atomic E-state index is -0.00216. The predicted octanol–water partition coefficient (Wildman–Crippen LogP) is 4.68. The van der Waals surface area contributed by atoms with Gasteiger partial charge in [-0.1, -0.05) is 91.0 Å². The summed E-state index contributed by atoms with van der Waals surface area (Å²) < 4.78 is 5.63. The summed E-state index contributed by atoms with van der Waals surface area (Å²) in [6.07, 6.45) is 2.06. The van der Waals surface area contributed by atoms with Crippen molar-refractivity contribution in [2.75, 3.05) is 45.9 Å². The number of ether oxygens (including phenoxy) is 1. The van der Waals surface area contributed by atoms with Gasteiger partial charge in [-0.05, 0) is 35.4 Å². The Morgan fingerprint density at radius 3 is 1.78 bits per heavy atom. The lowest BCUT2D eigenvalue weighted by molar-refractivity contribution is -0.132. The molecule has 3 aromatic carbocycles. The highest BCUT2D eigenvalue weighted by Gasteiger charge is 2.33. The van der Waals surface area contributed by atoms with Gasteiger partial charge in [-0.2, -0.15) is 0 Å². The summed E-state index contributed by atoms with van der Waals surface area (Å²) in [5, 5.41) is 3.55. The molecular weight excluding hydrogens is 446 g/mol. The molecule has 0 spiro atoms. The molecule has 1 amide bonds. The molecule has 0 radical (unpaired) electrons. The lowest BCUT2D eigenvalue weighted by atomic mass is 9.84. The van der Waals surface area contributed by atoms with Gasteiger partial charge in [0.1, 0.15) is 0 Å². The van der Waals surface area contributed by atoms with E-state index in [-0.39, 0.29) is 11.9 Å². The number of likely N-dealkylation sites (tertiary alicyclic amines) is 1. The number of rotatable bonds is 8. The average Bonchev–Trinajstić information content (AvgIpc) is 2.96. The summed E-state index contributed by atoms with van der Waals surface area (Å²) in [5.41, 5.74) is 3.73. The van der Waals surface area contributed by atoms with E-state index < -0.39 is 0 Å². The van der Waals surface area contributed by atoms with E-state index in [9.17, 15) is 4.79 Å². The van der Waals surface area contributed by atoms with Crippen LogP contribution < -0.4 is 5.32 Å². The summed E-state index contributed by atoms with van der Waals surface area (Å²) in [7, 11) is 0. The zero-order chi connectivity index (χ0) is 24.6. The smallest absolute Gasteiger partial charge is 0.236 e. The highest BCUT2D eigenvalue weighted by Crippen LogP contribution is 2.36. The van der Waals surface area contributed by atoms with Crippen LogP contribution in [0.4, 0.5) is 0 Å². The van der Waals surface area contributed by atoms with Crippen LogP contribution in [0.3, 0.4) is 0 Å². The van der Waals surface area contributed by atoms with Crippen LogP contribution >= 0.6 is 0 Å². The van der Waals surface area contributed by atoms with Crippen molar-refractivity contribution in [2.24, 2.45) is 5.92 Å². The molecule has 0 bridgehead atoms. The first-order valence-corrected chi connectivity index (χ1v) is 13.3. The van der Waals surface area contributed by atoms with Crippen molar-refractivity contribution in [3.63, 3.8) is 0 Å². The highest BCUT2D eigenvalue weighted by atomic mass is 16.5. The van der Waals surface area contributed by atoms with E-state index >= 15 is 0 Å². The van der Waals surface area contributed by atoms with Crippen molar-refractivity contribution in [2.45, 2.75) is 24.9 Å². The van der Waals surface area contributed by atoms with Gasteiger partial charge in [-0.25, -0.2) is 0 Å². The van der Waals surface area contributed by atoms with Gasteiger partial charge in [-0.3, -0.25) is 15.0 Å². The fourth-order valence-electron chi connectivity index (χ4n) is 5.77. The predicted molar refractivity (Wildman–Crippen MR) is 144 cm³/mol. The first-order valence-electron chi connectivity index (χ1n) is 13.3. The van der Waals surface area contributed by atoms with Crippen molar-refractivity contribution in [1.29, 1.82) is 0 Å². The maximum absolute atomic E-state index is 13.2. The molecule has 1 N–H and O–H groups in total. The fourth-order valence-corrected chi connectivity index (χ4v) is 5.77. The van der Waals surface area contributed by atoms with E-state index in [1.54, 1.807) is 0 Å². The van der Waals surface area contributed by atoms with Crippen LogP contribution in [-0.2, 0) is 9.53 Å². The van der Waals surface area contributed by atoms with Gasteiger partial charge < -0.3 is 9.64 Å². The molecule has 2 saturated heterocycles. The molecule has 5 heteroatoms. The molecule has 2 fully saturated rings. The minimum absolute atomic E-state index is 0.00216. The molecule has 36 heavy (non-hydrogen) atoms. The molecule has 0 aliphatic carbocycles. The SMILES string of the molecule is O=C(CNC(c1ccccc1)c1ccccc1)N1CCC(C(c2ccccc2)N2CCOCC2)CC1. The summed E-state index contributed by atoms with van der Waals surface area (Å²) in [4.78, 5) is 17.9. The number of hydrogen-bond acceptors (Lipinski definition) is 4. The van der Waals surface area contributed by atoms with Gasteiger partial charge in [0.05, 0.1) is 25.8 Å². The number of nitrogens with zero attached hydrogens (tertiary/aromatic N) is 2. The fraction of sp³-hybridized carbons (Fsp3) is 0.387. The summed E-state index contributed by atoms with van der Waals surface area (Å²) >= 11 is 0. The van der Waals surface area contributed by atoms with E-state index in [0.717, 1.165) is 52.2 Å². The van der Waals surface area contributed by atoms with Gasteiger partial charge in [0.15, 0.2) is 0 Å².